The monoisotopic (exact) mass is 210 g/mol. The Kier molecular flexibility index (Phi) is 3.39. The van der Waals surface area contributed by atoms with Crippen LogP contribution in [-0.2, 0) is 0 Å². The van der Waals surface area contributed by atoms with Crippen molar-refractivity contribution in [3.63, 3.8) is 0 Å². The van der Waals surface area contributed by atoms with Gasteiger partial charge in [-0.05, 0) is 32.4 Å². The molecule has 1 aromatic heterocycles. The lowest BCUT2D eigenvalue weighted by molar-refractivity contribution is 0.0905. The third kappa shape index (κ3) is 3.31. The number of halogens is 1. The molecule has 0 radical (unpaired) electrons. The molecule has 1 aromatic rings. The van der Waals surface area contributed by atoms with Crippen LogP contribution < -0.4 is 5.32 Å². The fourth-order valence-corrected chi connectivity index (χ4v) is 0.994. The van der Waals surface area contributed by atoms with Crippen molar-refractivity contribution in [3.05, 3.63) is 29.8 Å². The van der Waals surface area contributed by atoms with E-state index in [9.17, 15) is 9.18 Å². The van der Waals surface area contributed by atoms with Gasteiger partial charge < -0.3 is 5.32 Å². The van der Waals surface area contributed by atoms with Crippen LogP contribution in [0.3, 0.4) is 0 Å². The van der Waals surface area contributed by atoms with Gasteiger partial charge in [-0.1, -0.05) is 13.0 Å². The quantitative estimate of drug-likeness (QED) is 0.776. The van der Waals surface area contributed by atoms with Gasteiger partial charge in [0.15, 0.2) is 0 Å². The molecule has 1 rings (SSSR count). The molecule has 0 atom stereocenters. The van der Waals surface area contributed by atoms with E-state index in [4.69, 9.17) is 0 Å². The largest absolute Gasteiger partial charge is 0.346 e. The lowest BCUT2D eigenvalue weighted by Crippen LogP contribution is -2.43. The van der Waals surface area contributed by atoms with Crippen LogP contribution in [0.4, 0.5) is 4.39 Å². The minimum atomic E-state index is -0.642. The summed E-state index contributed by atoms with van der Waals surface area (Å²) in [6.45, 7) is 5.79. The first kappa shape index (κ1) is 11.6. The van der Waals surface area contributed by atoms with Gasteiger partial charge in [0.25, 0.3) is 5.91 Å². The molecule has 0 aliphatic heterocycles. The van der Waals surface area contributed by atoms with E-state index in [0.29, 0.717) is 0 Å². The van der Waals surface area contributed by atoms with Gasteiger partial charge in [-0.3, -0.25) is 4.79 Å². The summed E-state index contributed by atoms with van der Waals surface area (Å²) >= 11 is 0. The Balaban J connectivity index is 2.78. The van der Waals surface area contributed by atoms with Gasteiger partial charge in [0.1, 0.15) is 5.69 Å². The number of aromatic nitrogens is 1. The average molecular weight is 210 g/mol. The summed E-state index contributed by atoms with van der Waals surface area (Å²) in [5.74, 6) is -0.988. The van der Waals surface area contributed by atoms with Crippen LogP contribution in [0.2, 0.25) is 0 Å². The molecule has 4 heteroatoms. The molecule has 0 saturated heterocycles. The molecule has 0 bridgehead atoms. The molecule has 15 heavy (non-hydrogen) atoms. The highest BCUT2D eigenvalue weighted by Crippen LogP contribution is 2.08. The van der Waals surface area contributed by atoms with Crippen LogP contribution in [-0.4, -0.2) is 16.4 Å². The summed E-state index contributed by atoms with van der Waals surface area (Å²) in [6.07, 6.45) is 0.800. The molecule has 0 saturated carbocycles. The van der Waals surface area contributed by atoms with Crippen LogP contribution in [0.5, 0.6) is 0 Å². The van der Waals surface area contributed by atoms with Crippen molar-refractivity contribution in [2.75, 3.05) is 0 Å². The van der Waals surface area contributed by atoms with Gasteiger partial charge >= 0.3 is 0 Å². The number of hydrogen-bond donors (Lipinski definition) is 1. The minimum Gasteiger partial charge on any atom is -0.346 e. The van der Waals surface area contributed by atoms with Crippen LogP contribution >= 0.6 is 0 Å². The molecule has 0 spiro atoms. The van der Waals surface area contributed by atoms with Crippen molar-refractivity contribution in [1.29, 1.82) is 0 Å². The third-order valence-corrected chi connectivity index (χ3v) is 2.28. The van der Waals surface area contributed by atoms with Crippen molar-refractivity contribution >= 4 is 5.91 Å². The van der Waals surface area contributed by atoms with E-state index in [1.54, 1.807) is 0 Å². The van der Waals surface area contributed by atoms with Crippen molar-refractivity contribution in [1.82, 2.24) is 10.3 Å². The number of hydrogen-bond acceptors (Lipinski definition) is 2. The zero-order chi connectivity index (χ0) is 11.5. The standard InChI is InChI=1S/C11H15FN2O/c1-4-11(2,3)14-10(15)8-6-5-7-9(12)13-8/h5-7H,4H2,1-3H3,(H,14,15). The van der Waals surface area contributed by atoms with E-state index in [0.717, 1.165) is 6.42 Å². The zero-order valence-corrected chi connectivity index (χ0v) is 9.17. The van der Waals surface area contributed by atoms with Gasteiger partial charge in [-0.15, -0.1) is 0 Å². The zero-order valence-electron chi connectivity index (χ0n) is 9.17. The Morgan fingerprint density at radius 1 is 1.53 bits per heavy atom. The second-order valence-electron chi connectivity index (χ2n) is 4.04. The van der Waals surface area contributed by atoms with Gasteiger partial charge in [0.2, 0.25) is 5.95 Å². The molecular weight excluding hydrogens is 195 g/mol. The Morgan fingerprint density at radius 3 is 2.73 bits per heavy atom. The molecule has 82 valence electrons. The topological polar surface area (TPSA) is 42.0 Å². The summed E-state index contributed by atoms with van der Waals surface area (Å²) in [4.78, 5) is 15.1. The van der Waals surface area contributed by atoms with Gasteiger partial charge in [0.05, 0.1) is 0 Å². The normalized spacial score (nSPS) is 11.2. The maximum atomic E-state index is 12.8. The van der Waals surface area contributed by atoms with Crippen molar-refractivity contribution in [2.45, 2.75) is 32.7 Å². The van der Waals surface area contributed by atoms with Crippen molar-refractivity contribution in [2.24, 2.45) is 0 Å². The maximum absolute atomic E-state index is 12.8. The SMILES string of the molecule is CCC(C)(C)NC(=O)c1cccc(F)n1. The van der Waals surface area contributed by atoms with E-state index < -0.39 is 5.95 Å². The first-order chi connectivity index (χ1) is 6.94. The molecule has 0 unspecified atom stereocenters. The number of nitrogens with zero attached hydrogens (tertiary/aromatic N) is 1. The van der Waals surface area contributed by atoms with Gasteiger partial charge in [-0.25, -0.2) is 4.98 Å². The number of pyridine rings is 1. The molecule has 1 N–H and O–H groups in total. The fourth-order valence-electron chi connectivity index (χ4n) is 0.994. The maximum Gasteiger partial charge on any atom is 0.270 e. The van der Waals surface area contributed by atoms with Crippen LogP contribution in [0.1, 0.15) is 37.7 Å². The number of carbonyl (C=O) groups is 1. The Labute approximate surface area is 88.7 Å². The second kappa shape index (κ2) is 4.38. The summed E-state index contributed by atoms with van der Waals surface area (Å²) in [7, 11) is 0. The van der Waals surface area contributed by atoms with E-state index >= 15 is 0 Å². The summed E-state index contributed by atoms with van der Waals surface area (Å²) < 4.78 is 12.8. The van der Waals surface area contributed by atoms with E-state index in [1.807, 2.05) is 20.8 Å². The minimum absolute atomic E-state index is 0.108. The predicted molar refractivity (Wildman–Crippen MR) is 56.0 cm³/mol. The lowest BCUT2D eigenvalue weighted by Gasteiger charge is -2.24. The molecular formula is C11H15FN2O. The highest BCUT2D eigenvalue weighted by atomic mass is 19.1. The van der Waals surface area contributed by atoms with Crippen molar-refractivity contribution in [3.8, 4) is 0 Å². The Morgan fingerprint density at radius 2 is 2.20 bits per heavy atom. The summed E-state index contributed by atoms with van der Waals surface area (Å²) in [5, 5.41) is 2.78. The fraction of sp³-hybridized carbons (Fsp3) is 0.455. The average Bonchev–Trinajstić information content (AvgIpc) is 2.17. The van der Waals surface area contributed by atoms with Crippen LogP contribution in [0.15, 0.2) is 18.2 Å². The van der Waals surface area contributed by atoms with Gasteiger partial charge in [-0.2, -0.15) is 4.39 Å². The molecule has 0 fully saturated rings. The first-order valence-corrected chi connectivity index (χ1v) is 4.89. The molecule has 3 nitrogen and oxygen atoms in total. The highest BCUT2D eigenvalue weighted by Gasteiger charge is 2.19. The van der Waals surface area contributed by atoms with Crippen LogP contribution in [0, 0.1) is 5.95 Å². The van der Waals surface area contributed by atoms with E-state index in [1.165, 1.54) is 18.2 Å². The summed E-state index contributed by atoms with van der Waals surface area (Å²) in [6, 6.07) is 4.17. The number of rotatable bonds is 3. The first-order valence-electron chi connectivity index (χ1n) is 4.89. The Hall–Kier alpha value is -1.45. The van der Waals surface area contributed by atoms with E-state index in [2.05, 4.69) is 10.3 Å². The number of carbonyl (C=O) groups excluding carboxylic acids is 1. The number of nitrogens with one attached hydrogen (secondary N) is 1. The Bertz CT molecular complexity index is 363. The molecule has 0 aromatic carbocycles. The lowest BCUT2D eigenvalue weighted by atomic mass is 10.0. The van der Waals surface area contributed by atoms with E-state index in [-0.39, 0.29) is 17.1 Å². The second-order valence-corrected chi connectivity index (χ2v) is 4.04. The molecule has 1 amide bonds. The highest BCUT2D eigenvalue weighted by molar-refractivity contribution is 5.92. The third-order valence-electron chi connectivity index (χ3n) is 2.28. The van der Waals surface area contributed by atoms with Gasteiger partial charge in [0, 0.05) is 5.54 Å². The molecule has 0 aliphatic rings. The predicted octanol–water partition coefficient (Wildman–Crippen LogP) is 2.14. The van der Waals surface area contributed by atoms with Crippen LogP contribution in [0.25, 0.3) is 0 Å². The smallest absolute Gasteiger partial charge is 0.270 e. The molecule has 0 aliphatic carbocycles. The number of amides is 1. The van der Waals surface area contributed by atoms with Crippen molar-refractivity contribution < 1.29 is 9.18 Å². The summed E-state index contributed by atoms with van der Waals surface area (Å²) in [5.41, 5.74) is -0.193. The molecule has 1 heterocycles.